The molecule has 5 nitrogen and oxygen atoms in total. The van der Waals surface area contributed by atoms with E-state index in [1.807, 2.05) is 0 Å². The maximum Gasteiger partial charge on any atom is 0.293 e. The molecule has 0 aromatic heterocycles. The van der Waals surface area contributed by atoms with Crippen molar-refractivity contribution in [2.24, 2.45) is 5.92 Å². The van der Waals surface area contributed by atoms with E-state index in [9.17, 15) is 14.9 Å². The number of Topliss-reactive ketones (excluding diaryl/α,β-unsaturated/α-hetero) is 1. The molecule has 1 aliphatic carbocycles. The molecule has 1 saturated carbocycles. The number of benzene rings is 1. The Hall–Kier alpha value is -1.91. The number of nitro groups is 1. The number of hydrogen-bond donors (Lipinski definition) is 1. The Morgan fingerprint density at radius 3 is 2.65 bits per heavy atom. The summed E-state index contributed by atoms with van der Waals surface area (Å²) in [4.78, 5) is 22.1. The van der Waals surface area contributed by atoms with Crippen molar-refractivity contribution in [3.63, 3.8) is 0 Å². The van der Waals surface area contributed by atoms with Gasteiger partial charge < -0.3 is 5.32 Å². The third kappa shape index (κ3) is 3.15. The van der Waals surface area contributed by atoms with Crippen molar-refractivity contribution in [2.45, 2.75) is 45.6 Å². The normalized spacial score (nSPS) is 22.3. The topological polar surface area (TPSA) is 72.2 Å². The number of ketones is 1. The van der Waals surface area contributed by atoms with Gasteiger partial charge in [-0.05, 0) is 37.8 Å². The Morgan fingerprint density at radius 1 is 1.35 bits per heavy atom. The van der Waals surface area contributed by atoms with Crippen molar-refractivity contribution in [2.75, 3.05) is 5.32 Å². The van der Waals surface area contributed by atoms with Gasteiger partial charge in [0.15, 0.2) is 5.78 Å². The van der Waals surface area contributed by atoms with Crippen LogP contribution in [0.15, 0.2) is 18.2 Å². The molecule has 0 radical (unpaired) electrons. The highest BCUT2D eigenvalue weighted by molar-refractivity contribution is 5.95. The van der Waals surface area contributed by atoms with Gasteiger partial charge >= 0.3 is 0 Å². The van der Waals surface area contributed by atoms with Gasteiger partial charge in [0.25, 0.3) is 5.69 Å². The van der Waals surface area contributed by atoms with E-state index in [1.165, 1.54) is 19.4 Å². The molecular formula is C15H20N2O3. The van der Waals surface area contributed by atoms with Gasteiger partial charge in [0.05, 0.1) is 4.92 Å². The second-order valence-electron chi connectivity index (χ2n) is 5.56. The van der Waals surface area contributed by atoms with Crippen LogP contribution in [0.25, 0.3) is 0 Å². The first-order valence-electron chi connectivity index (χ1n) is 7.05. The summed E-state index contributed by atoms with van der Waals surface area (Å²) >= 11 is 0. The predicted octanol–water partition coefficient (Wildman–Crippen LogP) is 3.79. The lowest BCUT2D eigenvalue weighted by molar-refractivity contribution is -0.384. The molecule has 1 fully saturated rings. The molecule has 1 aromatic carbocycles. The van der Waals surface area contributed by atoms with Crippen molar-refractivity contribution >= 4 is 17.2 Å². The molecule has 5 heteroatoms. The van der Waals surface area contributed by atoms with E-state index < -0.39 is 4.92 Å². The standard InChI is InChI=1S/C15H20N2O3/c1-10-5-3-4-6-13(10)16-14-8-7-12(11(2)18)9-15(14)17(19)20/h7-10,13,16H,3-6H2,1-2H3/t10-,13-/m1/s1. The van der Waals surface area contributed by atoms with Crippen LogP contribution < -0.4 is 5.32 Å². The molecule has 108 valence electrons. The Morgan fingerprint density at radius 2 is 2.05 bits per heavy atom. The van der Waals surface area contributed by atoms with Gasteiger partial charge in [-0.15, -0.1) is 0 Å². The first-order chi connectivity index (χ1) is 9.49. The van der Waals surface area contributed by atoms with Crippen LogP contribution in [0.4, 0.5) is 11.4 Å². The first kappa shape index (κ1) is 14.5. The van der Waals surface area contributed by atoms with Crippen molar-refractivity contribution in [3.8, 4) is 0 Å². The number of nitrogens with one attached hydrogen (secondary N) is 1. The zero-order valence-electron chi connectivity index (χ0n) is 11.9. The minimum absolute atomic E-state index is 0.0181. The summed E-state index contributed by atoms with van der Waals surface area (Å²) in [5.41, 5.74) is 0.869. The lowest BCUT2D eigenvalue weighted by atomic mass is 9.86. The summed E-state index contributed by atoms with van der Waals surface area (Å²) < 4.78 is 0. The van der Waals surface area contributed by atoms with E-state index in [0.717, 1.165) is 19.3 Å². The van der Waals surface area contributed by atoms with Crippen LogP contribution in [0.3, 0.4) is 0 Å². The minimum Gasteiger partial charge on any atom is -0.376 e. The Kier molecular flexibility index (Phi) is 4.37. The van der Waals surface area contributed by atoms with E-state index in [-0.39, 0.29) is 17.5 Å². The van der Waals surface area contributed by atoms with Crippen molar-refractivity contribution < 1.29 is 9.72 Å². The molecular weight excluding hydrogens is 256 g/mol. The van der Waals surface area contributed by atoms with E-state index in [4.69, 9.17) is 0 Å². The number of carbonyl (C=O) groups is 1. The van der Waals surface area contributed by atoms with Gasteiger partial charge in [-0.25, -0.2) is 0 Å². The average molecular weight is 276 g/mol. The van der Waals surface area contributed by atoms with Gasteiger partial charge in [0.1, 0.15) is 5.69 Å². The summed E-state index contributed by atoms with van der Waals surface area (Å²) in [5, 5.41) is 14.5. The number of rotatable bonds is 4. The van der Waals surface area contributed by atoms with Gasteiger partial charge in [0, 0.05) is 17.7 Å². The Bertz CT molecular complexity index is 528. The second-order valence-corrected chi connectivity index (χ2v) is 5.56. The first-order valence-corrected chi connectivity index (χ1v) is 7.05. The largest absolute Gasteiger partial charge is 0.376 e. The molecule has 1 aliphatic rings. The van der Waals surface area contributed by atoms with Crippen LogP contribution in [0.2, 0.25) is 0 Å². The number of nitrogens with zero attached hydrogens (tertiary/aromatic N) is 1. The van der Waals surface area contributed by atoms with E-state index >= 15 is 0 Å². The van der Waals surface area contributed by atoms with Crippen molar-refractivity contribution in [1.29, 1.82) is 0 Å². The molecule has 2 atom stereocenters. The van der Waals surface area contributed by atoms with Crippen LogP contribution >= 0.6 is 0 Å². The fourth-order valence-electron chi connectivity index (χ4n) is 2.75. The van der Waals surface area contributed by atoms with Crippen molar-refractivity contribution in [1.82, 2.24) is 0 Å². The van der Waals surface area contributed by atoms with Crippen molar-refractivity contribution in [3.05, 3.63) is 33.9 Å². The van der Waals surface area contributed by atoms with Gasteiger partial charge in [-0.2, -0.15) is 0 Å². The van der Waals surface area contributed by atoms with Crippen LogP contribution in [0, 0.1) is 16.0 Å². The van der Waals surface area contributed by atoms with E-state index in [1.54, 1.807) is 12.1 Å². The molecule has 1 aromatic rings. The lowest BCUT2D eigenvalue weighted by Gasteiger charge is -2.30. The number of hydrogen-bond acceptors (Lipinski definition) is 4. The second kappa shape index (κ2) is 6.03. The van der Waals surface area contributed by atoms with Gasteiger partial charge in [-0.3, -0.25) is 14.9 Å². The zero-order chi connectivity index (χ0) is 14.7. The number of carbonyl (C=O) groups excluding carboxylic acids is 1. The smallest absolute Gasteiger partial charge is 0.293 e. The highest BCUT2D eigenvalue weighted by atomic mass is 16.6. The Balaban J connectivity index is 2.26. The van der Waals surface area contributed by atoms with Crippen LogP contribution in [0.5, 0.6) is 0 Å². The SMILES string of the molecule is CC(=O)c1ccc(N[C@@H]2CCCC[C@H]2C)c([N+](=O)[O-])c1. The molecule has 0 spiro atoms. The molecule has 0 heterocycles. The van der Waals surface area contributed by atoms with Crippen LogP contribution in [0.1, 0.15) is 49.9 Å². The molecule has 0 amide bonds. The highest BCUT2D eigenvalue weighted by Gasteiger charge is 2.24. The quantitative estimate of drug-likeness (QED) is 0.516. The average Bonchev–Trinajstić information content (AvgIpc) is 2.41. The number of nitro benzene ring substituents is 1. The highest BCUT2D eigenvalue weighted by Crippen LogP contribution is 2.31. The van der Waals surface area contributed by atoms with Crippen LogP contribution in [-0.4, -0.2) is 16.7 Å². The summed E-state index contributed by atoms with van der Waals surface area (Å²) in [7, 11) is 0. The third-order valence-corrected chi connectivity index (χ3v) is 4.05. The molecule has 0 unspecified atom stereocenters. The molecule has 2 rings (SSSR count). The molecule has 20 heavy (non-hydrogen) atoms. The summed E-state index contributed by atoms with van der Waals surface area (Å²) in [6.45, 7) is 3.59. The predicted molar refractivity (Wildman–Crippen MR) is 78.1 cm³/mol. The molecule has 0 saturated heterocycles. The molecule has 1 N–H and O–H groups in total. The fourth-order valence-corrected chi connectivity index (χ4v) is 2.75. The Labute approximate surface area is 118 Å². The monoisotopic (exact) mass is 276 g/mol. The lowest BCUT2D eigenvalue weighted by Crippen LogP contribution is -2.30. The van der Waals surface area contributed by atoms with E-state index in [0.29, 0.717) is 17.2 Å². The molecule has 0 bridgehead atoms. The zero-order valence-corrected chi connectivity index (χ0v) is 11.9. The molecule has 0 aliphatic heterocycles. The maximum atomic E-state index is 11.3. The maximum absolute atomic E-state index is 11.3. The summed E-state index contributed by atoms with van der Waals surface area (Å²) in [5.74, 6) is 0.349. The van der Waals surface area contributed by atoms with Gasteiger partial charge in [-0.1, -0.05) is 19.8 Å². The summed E-state index contributed by atoms with van der Waals surface area (Å²) in [6, 6.07) is 4.92. The minimum atomic E-state index is -0.428. The van der Waals surface area contributed by atoms with Crippen LogP contribution in [-0.2, 0) is 0 Å². The van der Waals surface area contributed by atoms with Gasteiger partial charge in [0.2, 0.25) is 0 Å². The fraction of sp³-hybridized carbons (Fsp3) is 0.533. The van der Waals surface area contributed by atoms with E-state index in [2.05, 4.69) is 12.2 Å². The third-order valence-electron chi connectivity index (χ3n) is 4.05. The number of anilines is 1. The summed E-state index contributed by atoms with van der Waals surface area (Å²) in [6.07, 6.45) is 4.57.